The summed E-state index contributed by atoms with van der Waals surface area (Å²) < 4.78 is 19.5. The van der Waals surface area contributed by atoms with Gasteiger partial charge in [0.15, 0.2) is 5.76 Å². The Morgan fingerprint density at radius 1 is 0.885 bits per heavy atom. The Bertz CT molecular complexity index is 1100. The maximum absolute atomic E-state index is 13.9. The molecule has 0 unspecified atom stereocenters. The molecule has 0 saturated carbocycles. The molecule has 0 aliphatic rings. The lowest BCUT2D eigenvalue weighted by atomic mass is 10.1. The van der Waals surface area contributed by atoms with E-state index in [-0.39, 0.29) is 17.5 Å². The van der Waals surface area contributed by atoms with Gasteiger partial charge in [0.05, 0.1) is 5.56 Å². The van der Waals surface area contributed by atoms with Crippen LogP contribution in [0.15, 0.2) is 83.3 Å². The van der Waals surface area contributed by atoms with Crippen LogP contribution in [0.3, 0.4) is 0 Å². The summed E-state index contributed by atoms with van der Waals surface area (Å²) in [5, 5.41) is 2.16. The zero-order chi connectivity index (χ0) is 18.1. The highest BCUT2D eigenvalue weighted by atomic mass is 19.1. The van der Waals surface area contributed by atoms with Gasteiger partial charge in [0.1, 0.15) is 11.6 Å². The molecule has 0 aliphatic carbocycles. The summed E-state index contributed by atoms with van der Waals surface area (Å²) in [5.74, 6) is -0.177. The summed E-state index contributed by atoms with van der Waals surface area (Å²) in [7, 11) is 1.69. The van der Waals surface area contributed by atoms with Gasteiger partial charge in [0.2, 0.25) is 0 Å². The smallest absolute Gasteiger partial charge is 0.293 e. The molecule has 0 aliphatic heterocycles. The number of carbonyl (C=O) groups is 1. The quantitative estimate of drug-likeness (QED) is 0.490. The lowest BCUT2D eigenvalue weighted by Gasteiger charge is -2.16. The van der Waals surface area contributed by atoms with Gasteiger partial charge in [-0.15, -0.1) is 0 Å². The molecule has 26 heavy (non-hydrogen) atoms. The molecule has 0 atom stereocenters. The van der Waals surface area contributed by atoms with Crippen LogP contribution in [0.1, 0.15) is 10.6 Å². The Morgan fingerprint density at radius 2 is 1.62 bits per heavy atom. The number of furan rings is 1. The highest BCUT2D eigenvalue weighted by Gasteiger charge is 2.19. The highest BCUT2D eigenvalue weighted by Crippen LogP contribution is 2.27. The van der Waals surface area contributed by atoms with E-state index in [1.807, 2.05) is 42.5 Å². The van der Waals surface area contributed by atoms with Crippen molar-refractivity contribution in [2.45, 2.75) is 0 Å². The molecule has 4 heteroatoms. The van der Waals surface area contributed by atoms with Crippen LogP contribution >= 0.6 is 0 Å². The lowest BCUT2D eigenvalue weighted by Crippen LogP contribution is -2.25. The molecule has 1 amide bonds. The summed E-state index contributed by atoms with van der Waals surface area (Å²) >= 11 is 0. The number of fused-ring (bicyclic) bond motifs is 1. The van der Waals surface area contributed by atoms with Crippen LogP contribution in [-0.2, 0) is 0 Å². The Morgan fingerprint density at radius 3 is 2.42 bits per heavy atom. The van der Waals surface area contributed by atoms with Crippen molar-refractivity contribution in [2.24, 2.45) is 0 Å². The zero-order valence-electron chi connectivity index (χ0n) is 14.1. The Labute approximate surface area is 150 Å². The second-order valence-corrected chi connectivity index (χ2v) is 6.04. The molecule has 1 aromatic heterocycles. The molecule has 4 rings (SSSR count). The minimum Gasteiger partial charge on any atom is -0.451 e. The van der Waals surface area contributed by atoms with Crippen molar-refractivity contribution in [1.82, 2.24) is 0 Å². The van der Waals surface area contributed by atoms with Gasteiger partial charge in [-0.05, 0) is 47.2 Å². The van der Waals surface area contributed by atoms with Crippen molar-refractivity contribution in [3.63, 3.8) is 0 Å². The van der Waals surface area contributed by atoms with E-state index in [0.29, 0.717) is 11.3 Å². The average molecular weight is 345 g/mol. The van der Waals surface area contributed by atoms with E-state index in [2.05, 4.69) is 0 Å². The summed E-state index contributed by atoms with van der Waals surface area (Å²) in [4.78, 5) is 14.3. The number of benzene rings is 3. The molecular formula is C22H16FNO2. The van der Waals surface area contributed by atoms with Crippen LogP contribution in [0.4, 0.5) is 10.1 Å². The van der Waals surface area contributed by atoms with E-state index in [9.17, 15) is 9.18 Å². The molecule has 0 saturated heterocycles. The first kappa shape index (κ1) is 16.1. The molecule has 128 valence electrons. The van der Waals surface area contributed by atoms with Crippen LogP contribution in [0.25, 0.3) is 22.1 Å². The normalized spacial score (nSPS) is 10.8. The molecule has 0 spiro atoms. The third-order valence-corrected chi connectivity index (χ3v) is 4.38. The Kier molecular flexibility index (Phi) is 4.01. The SMILES string of the molecule is CN(C(=O)c1ccc(-c2ccccc2F)o1)c1ccc2ccccc2c1. The number of rotatable bonds is 3. The minimum atomic E-state index is -0.385. The van der Waals surface area contributed by atoms with Crippen molar-refractivity contribution in [3.8, 4) is 11.3 Å². The summed E-state index contributed by atoms with van der Waals surface area (Å²) in [6, 6.07) is 23.3. The molecule has 3 aromatic carbocycles. The fourth-order valence-electron chi connectivity index (χ4n) is 2.93. The van der Waals surface area contributed by atoms with Crippen molar-refractivity contribution in [2.75, 3.05) is 11.9 Å². The number of carbonyl (C=O) groups excluding carboxylic acids is 1. The molecule has 0 N–H and O–H groups in total. The van der Waals surface area contributed by atoms with E-state index < -0.39 is 0 Å². The standard InChI is InChI=1S/C22H16FNO2/c1-24(17-11-10-15-6-2-3-7-16(15)14-17)22(25)21-13-12-20(26-21)18-8-4-5-9-19(18)23/h2-14H,1H3. The van der Waals surface area contributed by atoms with Crippen LogP contribution in [-0.4, -0.2) is 13.0 Å². The number of halogens is 1. The van der Waals surface area contributed by atoms with Crippen LogP contribution < -0.4 is 4.90 Å². The van der Waals surface area contributed by atoms with Gasteiger partial charge in [-0.25, -0.2) is 4.39 Å². The van der Waals surface area contributed by atoms with Crippen molar-refractivity contribution in [1.29, 1.82) is 0 Å². The monoisotopic (exact) mass is 345 g/mol. The maximum Gasteiger partial charge on any atom is 0.293 e. The van der Waals surface area contributed by atoms with Gasteiger partial charge in [0.25, 0.3) is 5.91 Å². The zero-order valence-corrected chi connectivity index (χ0v) is 14.1. The Balaban J connectivity index is 1.63. The van der Waals surface area contributed by atoms with Gasteiger partial charge < -0.3 is 9.32 Å². The number of nitrogens with zero attached hydrogens (tertiary/aromatic N) is 1. The second kappa shape index (κ2) is 6.48. The third kappa shape index (κ3) is 2.86. The van der Waals surface area contributed by atoms with Crippen LogP contribution in [0.5, 0.6) is 0 Å². The predicted molar refractivity (Wildman–Crippen MR) is 101 cm³/mol. The molecule has 1 heterocycles. The summed E-state index contributed by atoms with van der Waals surface area (Å²) in [6.45, 7) is 0. The number of hydrogen-bond acceptors (Lipinski definition) is 2. The second-order valence-electron chi connectivity index (χ2n) is 6.04. The third-order valence-electron chi connectivity index (χ3n) is 4.38. The van der Waals surface area contributed by atoms with Gasteiger partial charge in [-0.2, -0.15) is 0 Å². The average Bonchev–Trinajstić information content (AvgIpc) is 3.16. The lowest BCUT2D eigenvalue weighted by molar-refractivity contribution is 0.0967. The van der Waals surface area contributed by atoms with E-state index >= 15 is 0 Å². The predicted octanol–water partition coefficient (Wildman–Crippen LogP) is 5.52. The molecule has 3 nitrogen and oxygen atoms in total. The summed E-state index contributed by atoms with van der Waals surface area (Å²) in [5.41, 5.74) is 1.09. The van der Waals surface area contributed by atoms with E-state index in [4.69, 9.17) is 4.42 Å². The van der Waals surface area contributed by atoms with E-state index in [1.165, 1.54) is 11.0 Å². The summed E-state index contributed by atoms with van der Waals surface area (Å²) in [6.07, 6.45) is 0. The van der Waals surface area contributed by atoms with Gasteiger partial charge in [-0.3, -0.25) is 4.79 Å². The Hall–Kier alpha value is -3.40. The van der Waals surface area contributed by atoms with Gasteiger partial charge in [0, 0.05) is 12.7 Å². The van der Waals surface area contributed by atoms with E-state index in [0.717, 1.165) is 16.5 Å². The molecular weight excluding hydrogens is 329 g/mol. The largest absolute Gasteiger partial charge is 0.451 e. The fourth-order valence-corrected chi connectivity index (χ4v) is 2.93. The first-order valence-corrected chi connectivity index (χ1v) is 8.25. The minimum absolute atomic E-state index is 0.166. The molecule has 0 fully saturated rings. The molecule has 4 aromatic rings. The molecule has 0 bridgehead atoms. The fraction of sp³-hybridized carbons (Fsp3) is 0.0455. The van der Waals surface area contributed by atoms with Crippen LogP contribution in [0, 0.1) is 5.82 Å². The van der Waals surface area contributed by atoms with Crippen molar-refractivity contribution < 1.29 is 13.6 Å². The number of anilines is 1. The maximum atomic E-state index is 13.9. The van der Waals surface area contributed by atoms with Gasteiger partial charge in [-0.1, -0.05) is 42.5 Å². The first-order valence-electron chi connectivity index (χ1n) is 8.25. The highest BCUT2D eigenvalue weighted by molar-refractivity contribution is 6.05. The van der Waals surface area contributed by atoms with Crippen molar-refractivity contribution in [3.05, 3.63) is 90.4 Å². The van der Waals surface area contributed by atoms with Crippen molar-refractivity contribution >= 4 is 22.4 Å². The topological polar surface area (TPSA) is 33.5 Å². The molecule has 0 radical (unpaired) electrons. The van der Waals surface area contributed by atoms with E-state index in [1.54, 1.807) is 37.4 Å². The number of amides is 1. The number of hydrogen-bond donors (Lipinski definition) is 0. The first-order chi connectivity index (χ1) is 12.6. The van der Waals surface area contributed by atoms with Crippen LogP contribution in [0.2, 0.25) is 0 Å². The van der Waals surface area contributed by atoms with Gasteiger partial charge >= 0.3 is 0 Å².